The molecular formula is C25H27N3O5S. The minimum atomic E-state index is -3.86. The first kappa shape index (κ1) is 23.7. The summed E-state index contributed by atoms with van der Waals surface area (Å²) in [6.45, 7) is 3.62. The van der Waals surface area contributed by atoms with Crippen molar-refractivity contribution in [2.24, 2.45) is 11.8 Å². The lowest BCUT2D eigenvalue weighted by Crippen LogP contribution is -2.34. The molecule has 2 aliphatic rings. The van der Waals surface area contributed by atoms with Crippen LogP contribution < -0.4 is 10.0 Å². The maximum Gasteiger partial charge on any atom is 0.261 e. The normalized spacial score (nSPS) is 19.8. The zero-order chi connectivity index (χ0) is 24.5. The van der Waals surface area contributed by atoms with Crippen LogP contribution in [0.2, 0.25) is 0 Å². The number of hydrogen-bond acceptors (Lipinski definition) is 5. The summed E-state index contributed by atoms with van der Waals surface area (Å²) in [4.78, 5) is 38.9. The predicted octanol–water partition coefficient (Wildman–Crippen LogP) is 3.38. The first-order chi connectivity index (χ1) is 16.2. The number of sulfonamides is 1. The average Bonchev–Trinajstić information content (AvgIpc) is 3.03. The molecule has 9 heteroatoms. The van der Waals surface area contributed by atoms with Gasteiger partial charge in [-0.2, -0.15) is 0 Å². The van der Waals surface area contributed by atoms with Crippen LogP contribution >= 0.6 is 0 Å². The summed E-state index contributed by atoms with van der Waals surface area (Å²) in [6.07, 6.45) is 4.87. The number of nitrogens with one attached hydrogen (secondary N) is 2. The smallest absolute Gasteiger partial charge is 0.261 e. The van der Waals surface area contributed by atoms with E-state index in [1.54, 1.807) is 31.2 Å². The zero-order valence-electron chi connectivity index (χ0n) is 19.1. The number of allylic oxidation sites excluding steroid dienone is 2. The highest BCUT2D eigenvalue weighted by molar-refractivity contribution is 7.92. The van der Waals surface area contributed by atoms with Crippen molar-refractivity contribution in [3.8, 4) is 0 Å². The van der Waals surface area contributed by atoms with Crippen molar-refractivity contribution in [3.05, 3.63) is 65.7 Å². The van der Waals surface area contributed by atoms with E-state index in [1.807, 2.05) is 25.1 Å². The third kappa shape index (κ3) is 4.89. The van der Waals surface area contributed by atoms with Crippen LogP contribution in [0.3, 0.4) is 0 Å². The highest BCUT2D eigenvalue weighted by atomic mass is 32.2. The van der Waals surface area contributed by atoms with Crippen molar-refractivity contribution in [2.45, 2.75) is 38.0 Å². The summed E-state index contributed by atoms with van der Waals surface area (Å²) in [5.74, 6) is -1.51. The highest BCUT2D eigenvalue weighted by Crippen LogP contribution is 2.35. The van der Waals surface area contributed by atoms with E-state index in [0.717, 1.165) is 5.56 Å². The first-order valence-electron chi connectivity index (χ1n) is 11.2. The monoisotopic (exact) mass is 481 g/mol. The van der Waals surface area contributed by atoms with Crippen molar-refractivity contribution < 1.29 is 22.8 Å². The van der Waals surface area contributed by atoms with Crippen molar-refractivity contribution in [1.82, 2.24) is 4.90 Å². The number of carbonyl (C=O) groups is 3. The Hall–Kier alpha value is -3.46. The summed E-state index contributed by atoms with van der Waals surface area (Å²) in [5, 5.41) is 2.72. The van der Waals surface area contributed by atoms with Crippen molar-refractivity contribution >= 4 is 39.1 Å². The molecule has 0 bridgehead atoms. The van der Waals surface area contributed by atoms with E-state index in [4.69, 9.17) is 0 Å². The molecular weight excluding hydrogens is 454 g/mol. The Bertz CT molecular complexity index is 1260. The highest BCUT2D eigenvalue weighted by Gasteiger charge is 2.46. The van der Waals surface area contributed by atoms with E-state index in [1.165, 1.54) is 17.0 Å². The van der Waals surface area contributed by atoms with Crippen LogP contribution in [0.15, 0.2) is 59.5 Å². The number of amides is 3. The Balaban J connectivity index is 1.42. The Morgan fingerprint density at radius 2 is 1.68 bits per heavy atom. The van der Waals surface area contributed by atoms with Crippen molar-refractivity contribution in [2.75, 3.05) is 16.6 Å². The lowest BCUT2D eigenvalue weighted by molar-refractivity contribution is -0.140. The second-order valence-electron chi connectivity index (χ2n) is 8.73. The fourth-order valence-corrected chi connectivity index (χ4v) is 5.42. The summed E-state index contributed by atoms with van der Waals surface area (Å²) in [5.41, 5.74) is 2.41. The van der Waals surface area contributed by atoms with Crippen molar-refractivity contribution in [1.29, 1.82) is 0 Å². The number of hydrogen-bond donors (Lipinski definition) is 2. The molecule has 0 saturated carbocycles. The third-order valence-electron chi connectivity index (χ3n) is 6.23. The van der Waals surface area contributed by atoms with Crippen LogP contribution in [0.25, 0.3) is 0 Å². The fourth-order valence-electron chi connectivity index (χ4n) is 4.34. The number of imide groups is 1. The van der Waals surface area contributed by atoms with Gasteiger partial charge in [0.1, 0.15) is 0 Å². The first-order valence-corrected chi connectivity index (χ1v) is 12.6. The fraction of sp³-hybridized carbons (Fsp3) is 0.320. The van der Waals surface area contributed by atoms with Gasteiger partial charge in [-0.15, -0.1) is 0 Å². The number of nitrogens with zero attached hydrogens (tertiary/aromatic N) is 1. The van der Waals surface area contributed by atoms with E-state index in [0.29, 0.717) is 29.8 Å². The average molecular weight is 482 g/mol. The molecule has 1 saturated heterocycles. The molecule has 2 N–H and O–H groups in total. The molecule has 2 atom stereocenters. The van der Waals surface area contributed by atoms with Gasteiger partial charge in [-0.3, -0.25) is 24.0 Å². The van der Waals surface area contributed by atoms with E-state index < -0.39 is 15.9 Å². The van der Waals surface area contributed by atoms with Crippen LogP contribution in [-0.2, 0) is 24.4 Å². The number of carbonyl (C=O) groups excluding carboxylic acids is 3. The summed E-state index contributed by atoms with van der Waals surface area (Å²) < 4.78 is 28.2. The number of benzene rings is 2. The van der Waals surface area contributed by atoms with Crippen LogP contribution in [0.1, 0.15) is 30.4 Å². The Labute approximate surface area is 199 Å². The number of aryl methyl sites for hydroxylation is 2. The minimum Gasteiger partial charge on any atom is -0.326 e. The summed E-state index contributed by atoms with van der Waals surface area (Å²) in [7, 11) is -3.86. The number of likely N-dealkylation sites (tertiary alicyclic amines) is 1. The van der Waals surface area contributed by atoms with Crippen LogP contribution in [0.5, 0.6) is 0 Å². The second-order valence-corrected chi connectivity index (χ2v) is 10.4. The van der Waals surface area contributed by atoms with E-state index >= 15 is 0 Å². The summed E-state index contributed by atoms with van der Waals surface area (Å²) >= 11 is 0. The largest absolute Gasteiger partial charge is 0.326 e. The minimum absolute atomic E-state index is 0.00243. The molecule has 0 radical (unpaired) electrons. The quantitative estimate of drug-likeness (QED) is 0.465. The van der Waals surface area contributed by atoms with Gasteiger partial charge in [0.2, 0.25) is 17.7 Å². The predicted molar refractivity (Wildman–Crippen MR) is 128 cm³/mol. The number of fused-ring (bicyclic) bond motifs is 1. The van der Waals surface area contributed by atoms with Gasteiger partial charge in [0.05, 0.1) is 16.7 Å². The Morgan fingerprint density at radius 1 is 1.00 bits per heavy atom. The van der Waals surface area contributed by atoms with Gasteiger partial charge in [-0.25, -0.2) is 8.42 Å². The topological polar surface area (TPSA) is 113 Å². The van der Waals surface area contributed by atoms with Gasteiger partial charge in [0, 0.05) is 24.3 Å². The molecule has 0 aromatic heterocycles. The zero-order valence-corrected chi connectivity index (χ0v) is 19.9. The standard InChI is InChI=1S/C25H27N3O5S/c1-16-6-5-7-18(14-16)27-34(32,33)19-11-10-17(2)22(15-19)26-23(29)12-13-28-24(30)20-8-3-4-9-21(20)25(28)31/h3-7,10-11,14-15,20-21,27H,8-9,12-13H2,1-2H3,(H,26,29)/t20-,21-/m0/s1. The van der Waals surface area contributed by atoms with Crippen LogP contribution in [0.4, 0.5) is 11.4 Å². The maximum atomic E-state index is 12.8. The molecule has 0 unspecified atom stereocenters. The third-order valence-corrected chi connectivity index (χ3v) is 7.60. The van der Waals surface area contributed by atoms with E-state index in [2.05, 4.69) is 10.0 Å². The molecule has 1 aliphatic heterocycles. The van der Waals surface area contributed by atoms with Gasteiger partial charge in [0.15, 0.2) is 0 Å². The lowest BCUT2D eigenvalue weighted by Gasteiger charge is -2.15. The Morgan fingerprint density at radius 3 is 2.32 bits per heavy atom. The van der Waals surface area contributed by atoms with E-state index in [9.17, 15) is 22.8 Å². The SMILES string of the molecule is Cc1cccc(NS(=O)(=O)c2ccc(C)c(NC(=O)CCN3C(=O)[C@H]4CC=CC[C@@H]4C3=O)c2)c1. The van der Waals surface area contributed by atoms with E-state index in [-0.39, 0.29) is 41.5 Å². The molecule has 4 rings (SSSR count). The van der Waals surface area contributed by atoms with Gasteiger partial charge in [-0.1, -0.05) is 30.4 Å². The van der Waals surface area contributed by atoms with Gasteiger partial charge in [0.25, 0.3) is 10.0 Å². The van der Waals surface area contributed by atoms with Gasteiger partial charge in [-0.05, 0) is 62.1 Å². The lowest BCUT2D eigenvalue weighted by atomic mass is 9.85. The molecule has 1 aliphatic carbocycles. The number of rotatable bonds is 7. The molecule has 3 amide bonds. The molecule has 1 fully saturated rings. The van der Waals surface area contributed by atoms with Crippen LogP contribution in [0, 0.1) is 25.7 Å². The Kier molecular flexibility index (Phi) is 6.56. The summed E-state index contributed by atoms with van der Waals surface area (Å²) in [6, 6.07) is 11.5. The van der Waals surface area contributed by atoms with Crippen LogP contribution in [-0.4, -0.2) is 37.6 Å². The molecule has 178 valence electrons. The maximum absolute atomic E-state index is 12.8. The van der Waals surface area contributed by atoms with Crippen molar-refractivity contribution in [3.63, 3.8) is 0 Å². The molecule has 2 aromatic carbocycles. The molecule has 2 aromatic rings. The molecule has 34 heavy (non-hydrogen) atoms. The molecule has 0 spiro atoms. The second kappa shape index (κ2) is 9.42. The van der Waals surface area contributed by atoms with Gasteiger partial charge < -0.3 is 5.32 Å². The van der Waals surface area contributed by atoms with Gasteiger partial charge >= 0.3 is 0 Å². The molecule has 1 heterocycles. The number of anilines is 2. The molecule has 8 nitrogen and oxygen atoms in total.